The molecule has 0 bridgehead atoms. The summed E-state index contributed by atoms with van der Waals surface area (Å²) in [6.07, 6.45) is 0. The molecule has 6 heteroatoms. The number of rotatable bonds is 3. The molecule has 1 N–H and O–H groups in total. The van der Waals surface area contributed by atoms with Crippen molar-refractivity contribution >= 4 is 33.4 Å². The van der Waals surface area contributed by atoms with Crippen LogP contribution in [0.1, 0.15) is 24.1 Å². The minimum absolute atomic E-state index is 0. The molecular weight excluding hydrogens is 436 g/mol. The maximum Gasteiger partial charge on any atom is 0.347 e. The molecule has 0 saturated heterocycles. The van der Waals surface area contributed by atoms with E-state index in [0.29, 0.717) is 0 Å². The normalized spacial score (nSPS) is 15.9. The Kier molecular flexibility index (Phi) is 6.18. The zero-order valence-corrected chi connectivity index (χ0v) is 16.6. The van der Waals surface area contributed by atoms with Crippen LogP contribution in [-0.2, 0) is 9.53 Å². The fourth-order valence-electron chi connectivity index (χ4n) is 2.91. The Morgan fingerprint density at radius 3 is 2.62 bits per heavy atom. The van der Waals surface area contributed by atoms with Crippen LogP contribution in [0.15, 0.2) is 53.0 Å². The van der Waals surface area contributed by atoms with Crippen LogP contribution in [0.3, 0.4) is 0 Å². The first-order valence-electron chi connectivity index (χ1n) is 7.38. The standard InChI is InChI=1S/C18H17BrN2O2.BrH/c1-12-20-16-9-8-14(19)10-15(16)18(13-6-4-3-5-7-13)21(12)11-17(22)23-2;/h3-10,18H,11H2,1-2H3;1H. The number of carbonyl (C=O) groups excluding carboxylic acids is 1. The maximum absolute atomic E-state index is 11.9. The van der Waals surface area contributed by atoms with Gasteiger partial charge in [0.05, 0.1) is 7.11 Å². The highest BCUT2D eigenvalue weighted by Gasteiger charge is 2.34. The van der Waals surface area contributed by atoms with E-state index in [1.807, 2.05) is 41.8 Å². The van der Waals surface area contributed by atoms with Gasteiger partial charge in [-0.3, -0.25) is 0 Å². The van der Waals surface area contributed by atoms with Crippen LogP contribution in [0, 0.1) is 0 Å². The van der Waals surface area contributed by atoms with Gasteiger partial charge < -0.3 is 21.7 Å². The van der Waals surface area contributed by atoms with Crippen LogP contribution in [0.2, 0.25) is 0 Å². The fraction of sp³-hybridized carbons (Fsp3) is 0.222. The number of ether oxygens (including phenoxy) is 1. The highest BCUT2D eigenvalue weighted by Crippen LogP contribution is 2.36. The number of methoxy groups -OCH3 is 1. The van der Waals surface area contributed by atoms with Crippen molar-refractivity contribution in [3.05, 3.63) is 64.1 Å². The number of anilines is 1. The Morgan fingerprint density at radius 1 is 1.25 bits per heavy atom. The molecule has 0 aliphatic carbocycles. The largest absolute Gasteiger partial charge is 1.00 e. The van der Waals surface area contributed by atoms with Crippen LogP contribution >= 0.6 is 15.9 Å². The van der Waals surface area contributed by atoms with Crippen LogP contribution in [0.4, 0.5) is 5.69 Å². The second-order valence-electron chi connectivity index (χ2n) is 5.46. The number of halogens is 2. The molecule has 0 spiro atoms. The van der Waals surface area contributed by atoms with Gasteiger partial charge in [0.2, 0.25) is 5.84 Å². The predicted molar refractivity (Wildman–Crippen MR) is 93.9 cm³/mol. The summed E-state index contributed by atoms with van der Waals surface area (Å²) in [6, 6.07) is 16.3. The van der Waals surface area contributed by atoms with E-state index in [0.717, 1.165) is 27.1 Å². The summed E-state index contributed by atoms with van der Waals surface area (Å²) in [4.78, 5) is 11.9. The van der Waals surface area contributed by atoms with E-state index in [1.165, 1.54) is 7.11 Å². The molecule has 1 unspecified atom stereocenters. The van der Waals surface area contributed by atoms with Crippen LogP contribution in [0.5, 0.6) is 0 Å². The van der Waals surface area contributed by atoms with Crippen molar-refractivity contribution in [3.8, 4) is 0 Å². The van der Waals surface area contributed by atoms with E-state index in [9.17, 15) is 4.79 Å². The van der Waals surface area contributed by atoms with Gasteiger partial charge in [-0.05, 0) is 18.2 Å². The van der Waals surface area contributed by atoms with E-state index in [1.54, 1.807) is 0 Å². The molecule has 1 aliphatic heterocycles. The number of hydrogen-bond donors (Lipinski definition) is 1. The van der Waals surface area contributed by atoms with Crippen molar-refractivity contribution in [3.63, 3.8) is 0 Å². The van der Waals surface area contributed by atoms with Gasteiger partial charge >= 0.3 is 5.97 Å². The van der Waals surface area contributed by atoms with Crippen molar-refractivity contribution in [2.24, 2.45) is 0 Å². The van der Waals surface area contributed by atoms with E-state index in [2.05, 4.69) is 39.4 Å². The molecule has 0 fully saturated rings. The summed E-state index contributed by atoms with van der Waals surface area (Å²) in [5.74, 6) is 0.671. The molecule has 0 radical (unpaired) electrons. The Hall–Kier alpha value is -1.66. The first-order chi connectivity index (χ1) is 11.1. The van der Waals surface area contributed by atoms with Gasteiger partial charge in [0.1, 0.15) is 5.69 Å². The molecule has 0 saturated carbocycles. The average molecular weight is 454 g/mol. The number of fused-ring (bicyclic) bond motifs is 1. The van der Waals surface area contributed by atoms with E-state index < -0.39 is 0 Å². The van der Waals surface area contributed by atoms with Crippen molar-refractivity contribution in [1.82, 2.24) is 0 Å². The molecule has 3 rings (SSSR count). The number of hydrogen-bond acceptors (Lipinski definition) is 3. The topological polar surface area (TPSA) is 41.3 Å². The third-order valence-corrected chi connectivity index (χ3v) is 4.50. The highest BCUT2D eigenvalue weighted by atomic mass is 79.9. The lowest BCUT2D eigenvalue weighted by atomic mass is 9.94. The van der Waals surface area contributed by atoms with E-state index in [4.69, 9.17) is 4.74 Å². The third kappa shape index (κ3) is 3.70. The van der Waals surface area contributed by atoms with Crippen LogP contribution in [-0.4, -0.2) is 30.0 Å². The minimum Gasteiger partial charge on any atom is -1.00 e. The lowest BCUT2D eigenvalue weighted by Gasteiger charge is -2.27. The summed E-state index contributed by atoms with van der Waals surface area (Å²) >= 11 is 3.55. The minimum atomic E-state index is -0.259. The lowest BCUT2D eigenvalue weighted by molar-refractivity contribution is -0.554. The molecular formula is C18H18Br2N2O2. The van der Waals surface area contributed by atoms with Crippen molar-refractivity contribution in [2.75, 3.05) is 19.0 Å². The third-order valence-electron chi connectivity index (χ3n) is 4.01. The van der Waals surface area contributed by atoms with Gasteiger partial charge in [0.25, 0.3) is 0 Å². The summed E-state index contributed by atoms with van der Waals surface area (Å²) < 4.78 is 7.91. The SMILES string of the molecule is COC(=O)C[N+]1=C(C)Nc2ccc(Br)cc2C1c1ccccc1.[Br-]. The molecule has 0 amide bonds. The van der Waals surface area contributed by atoms with Crippen molar-refractivity contribution < 1.29 is 31.1 Å². The molecule has 2 aromatic rings. The fourth-order valence-corrected chi connectivity index (χ4v) is 3.29. The Labute approximate surface area is 160 Å². The van der Waals surface area contributed by atoms with Gasteiger partial charge in [-0.2, -0.15) is 0 Å². The molecule has 1 heterocycles. The maximum atomic E-state index is 11.9. The molecule has 2 aromatic carbocycles. The molecule has 126 valence electrons. The van der Waals surface area contributed by atoms with Gasteiger partial charge in [0, 0.05) is 22.5 Å². The number of benzene rings is 2. The predicted octanol–water partition coefficient (Wildman–Crippen LogP) is 0.572. The molecule has 4 nitrogen and oxygen atoms in total. The number of nitrogens with zero attached hydrogens (tertiary/aromatic N) is 1. The summed E-state index contributed by atoms with van der Waals surface area (Å²) in [7, 11) is 1.41. The van der Waals surface area contributed by atoms with E-state index >= 15 is 0 Å². The average Bonchev–Trinajstić information content (AvgIpc) is 2.56. The van der Waals surface area contributed by atoms with Crippen molar-refractivity contribution in [2.45, 2.75) is 13.0 Å². The van der Waals surface area contributed by atoms with Gasteiger partial charge in [0.15, 0.2) is 12.6 Å². The molecule has 1 atom stereocenters. The number of carbonyl (C=O) groups is 1. The van der Waals surface area contributed by atoms with E-state index in [-0.39, 0.29) is 35.5 Å². The molecule has 0 aromatic heterocycles. The summed E-state index contributed by atoms with van der Waals surface area (Å²) in [5, 5.41) is 3.38. The molecule has 24 heavy (non-hydrogen) atoms. The molecule has 1 aliphatic rings. The number of nitrogens with one attached hydrogen (secondary N) is 1. The first kappa shape index (κ1) is 18.7. The lowest BCUT2D eigenvalue weighted by Crippen LogP contribution is -3.00. The second-order valence-corrected chi connectivity index (χ2v) is 6.37. The van der Waals surface area contributed by atoms with Gasteiger partial charge in [-0.1, -0.05) is 46.3 Å². The zero-order valence-electron chi connectivity index (χ0n) is 13.4. The summed E-state index contributed by atoms with van der Waals surface area (Å²) in [6.45, 7) is 2.17. The zero-order chi connectivity index (χ0) is 16.4. The number of esters is 1. The first-order valence-corrected chi connectivity index (χ1v) is 8.18. The quantitative estimate of drug-likeness (QED) is 0.545. The Balaban J connectivity index is 0.00000208. The Bertz CT molecular complexity index is 776. The monoisotopic (exact) mass is 452 g/mol. The Morgan fingerprint density at radius 2 is 1.96 bits per heavy atom. The summed E-state index contributed by atoms with van der Waals surface area (Å²) in [5.41, 5.74) is 3.32. The number of amidine groups is 1. The highest BCUT2D eigenvalue weighted by molar-refractivity contribution is 9.10. The smallest absolute Gasteiger partial charge is 0.347 e. The van der Waals surface area contributed by atoms with Crippen molar-refractivity contribution in [1.29, 1.82) is 0 Å². The van der Waals surface area contributed by atoms with Gasteiger partial charge in [-0.15, -0.1) is 0 Å². The van der Waals surface area contributed by atoms with Gasteiger partial charge in [-0.25, -0.2) is 14.7 Å². The van der Waals surface area contributed by atoms with Crippen LogP contribution in [0.25, 0.3) is 0 Å². The van der Waals surface area contributed by atoms with Crippen LogP contribution < -0.4 is 22.3 Å². The second kappa shape index (κ2) is 7.94.